The highest BCUT2D eigenvalue weighted by atomic mass is 16.5. The summed E-state index contributed by atoms with van der Waals surface area (Å²) in [5.41, 5.74) is 0. The molecule has 0 bridgehead atoms. The molecule has 1 atom stereocenters. The lowest BCUT2D eigenvalue weighted by Crippen LogP contribution is -2.46. The zero-order valence-corrected chi connectivity index (χ0v) is 13.3. The summed E-state index contributed by atoms with van der Waals surface area (Å²) in [7, 11) is 0. The monoisotopic (exact) mass is 316 g/mol. The first-order chi connectivity index (χ1) is 11.1. The molecule has 2 aliphatic rings. The third-order valence-corrected chi connectivity index (χ3v) is 4.56. The Morgan fingerprint density at radius 2 is 2.22 bits per heavy atom. The van der Waals surface area contributed by atoms with E-state index in [1.165, 1.54) is 12.8 Å². The number of aromatic nitrogens is 4. The number of nitrogens with one attached hydrogen (secondary N) is 1. The van der Waals surface area contributed by atoms with E-state index in [9.17, 15) is 4.79 Å². The second kappa shape index (κ2) is 5.45. The first-order valence-corrected chi connectivity index (χ1v) is 8.02. The van der Waals surface area contributed by atoms with Gasteiger partial charge in [0.1, 0.15) is 17.4 Å². The summed E-state index contributed by atoms with van der Waals surface area (Å²) < 4.78 is 7.19. The summed E-state index contributed by atoms with van der Waals surface area (Å²) in [6.07, 6.45) is 2.44. The molecule has 2 aromatic heterocycles. The van der Waals surface area contributed by atoms with Gasteiger partial charge in [0.25, 0.3) is 0 Å². The summed E-state index contributed by atoms with van der Waals surface area (Å²) in [4.78, 5) is 14.5. The highest BCUT2D eigenvalue weighted by Crippen LogP contribution is 2.39. The van der Waals surface area contributed by atoms with E-state index in [0.29, 0.717) is 24.0 Å². The van der Waals surface area contributed by atoms with Gasteiger partial charge in [-0.15, -0.1) is 10.2 Å². The van der Waals surface area contributed by atoms with E-state index in [1.54, 1.807) is 13.0 Å². The van der Waals surface area contributed by atoms with Crippen LogP contribution in [0.15, 0.2) is 10.6 Å². The molecule has 0 spiro atoms. The molecule has 1 aliphatic heterocycles. The van der Waals surface area contributed by atoms with Crippen LogP contribution in [0.1, 0.15) is 43.1 Å². The predicted octanol–water partition coefficient (Wildman–Crippen LogP) is 1.29. The first kappa shape index (κ1) is 14.4. The smallest absolute Gasteiger partial charge is 0.242 e. The van der Waals surface area contributed by atoms with Gasteiger partial charge in [-0.2, -0.15) is 0 Å². The summed E-state index contributed by atoms with van der Waals surface area (Å²) in [5, 5.41) is 15.2. The van der Waals surface area contributed by atoms with Crippen LogP contribution in [0.2, 0.25) is 0 Å². The van der Waals surface area contributed by atoms with Crippen molar-refractivity contribution in [2.45, 2.75) is 51.7 Å². The van der Waals surface area contributed by atoms with Gasteiger partial charge in [0.05, 0.1) is 12.6 Å². The quantitative estimate of drug-likeness (QED) is 0.914. The van der Waals surface area contributed by atoms with Gasteiger partial charge in [-0.05, 0) is 26.7 Å². The van der Waals surface area contributed by atoms with Crippen LogP contribution in [0.25, 0.3) is 0 Å². The average molecular weight is 316 g/mol. The number of hydrogen-bond donors (Lipinski definition) is 1. The van der Waals surface area contributed by atoms with E-state index in [2.05, 4.69) is 30.1 Å². The third-order valence-electron chi connectivity index (χ3n) is 4.56. The SMILES string of the molecule is Cc1cc(NC(=O)[C@H](C)N2CCn3c(nnc3C3CC3)C2)no1. The molecule has 1 fully saturated rings. The van der Waals surface area contributed by atoms with Gasteiger partial charge in [-0.1, -0.05) is 5.16 Å². The zero-order valence-electron chi connectivity index (χ0n) is 13.3. The van der Waals surface area contributed by atoms with E-state index in [-0.39, 0.29) is 11.9 Å². The van der Waals surface area contributed by atoms with Crippen LogP contribution in [-0.4, -0.2) is 43.3 Å². The number of anilines is 1. The molecule has 2 aromatic rings. The van der Waals surface area contributed by atoms with Crippen LogP contribution in [0.5, 0.6) is 0 Å². The van der Waals surface area contributed by atoms with Gasteiger partial charge >= 0.3 is 0 Å². The molecular weight excluding hydrogens is 296 g/mol. The fraction of sp³-hybridized carbons (Fsp3) is 0.600. The van der Waals surface area contributed by atoms with Crippen LogP contribution in [0, 0.1) is 6.92 Å². The Kier molecular flexibility index (Phi) is 3.41. The molecule has 1 N–H and O–H groups in total. The Bertz CT molecular complexity index is 732. The number of fused-ring (bicyclic) bond motifs is 1. The van der Waals surface area contributed by atoms with Crippen molar-refractivity contribution in [1.29, 1.82) is 0 Å². The molecule has 0 aromatic carbocycles. The standard InChI is InChI=1S/C15H20N6O2/c1-9-7-12(19-23-9)16-15(22)10(2)20-5-6-21-13(8-20)17-18-14(21)11-3-4-11/h7,10-11H,3-6,8H2,1-2H3,(H,16,19,22)/t10-/m0/s1. The second-order valence-corrected chi connectivity index (χ2v) is 6.36. The Labute approximate surface area is 133 Å². The maximum atomic E-state index is 12.4. The maximum Gasteiger partial charge on any atom is 0.242 e. The zero-order chi connectivity index (χ0) is 16.0. The molecule has 23 heavy (non-hydrogen) atoms. The summed E-state index contributed by atoms with van der Waals surface area (Å²) >= 11 is 0. The normalized spacial score (nSPS) is 19.4. The van der Waals surface area contributed by atoms with Gasteiger partial charge in [-0.3, -0.25) is 9.69 Å². The first-order valence-electron chi connectivity index (χ1n) is 8.02. The Balaban J connectivity index is 1.42. The molecule has 3 heterocycles. The summed E-state index contributed by atoms with van der Waals surface area (Å²) in [5.74, 6) is 3.71. The number of hydrogen-bond acceptors (Lipinski definition) is 6. The lowest BCUT2D eigenvalue weighted by Gasteiger charge is -2.31. The van der Waals surface area contributed by atoms with Gasteiger partial charge < -0.3 is 14.4 Å². The number of aryl methyl sites for hydroxylation is 1. The van der Waals surface area contributed by atoms with E-state index < -0.39 is 0 Å². The van der Waals surface area contributed by atoms with Gasteiger partial charge in [0, 0.05) is 25.1 Å². The summed E-state index contributed by atoms with van der Waals surface area (Å²) in [6, 6.07) is 1.45. The fourth-order valence-electron chi connectivity index (χ4n) is 2.99. The highest BCUT2D eigenvalue weighted by Gasteiger charge is 2.33. The van der Waals surface area contributed by atoms with E-state index in [1.807, 2.05) is 6.92 Å². The molecule has 1 saturated carbocycles. The number of nitrogens with zero attached hydrogens (tertiary/aromatic N) is 5. The van der Waals surface area contributed by atoms with E-state index >= 15 is 0 Å². The van der Waals surface area contributed by atoms with Crippen LogP contribution < -0.4 is 5.32 Å². The molecule has 122 valence electrons. The topological polar surface area (TPSA) is 89.1 Å². The Hall–Kier alpha value is -2.22. The van der Waals surface area contributed by atoms with Crippen molar-refractivity contribution in [3.05, 3.63) is 23.5 Å². The largest absolute Gasteiger partial charge is 0.360 e. The Morgan fingerprint density at radius 3 is 2.91 bits per heavy atom. The van der Waals surface area contributed by atoms with Crippen molar-refractivity contribution in [3.8, 4) is 0 Å². The molecule has 0 unspecified atom stereocenters. The highest BCUT2D eigenvalue weighted by molar-refractivity contribution is 5.93. The number of carbonyl (C=O) groups excluding carboxylic acids is 1. The molecule has 8 heteroatoms. The minimum Gasteiger partial charge on any atom is -0.360 e. The molecule has 1 aliphatic carbocycles. The molecule has 0 saturated heterocycles. The van der Waals surface area contributed by atoms with Crippen LogP contribution in [0.4, 0.5) is 5.82 Å². The third kappa shape index (κ3) is 2.74. The number of amides is 1. The predicted molar refractivity (Wildman–Crippen MR) is 81.7 cm³/mol. The van der Waals surface area contributed by atoms with Crippen molar-refractivity contribution < 1.29 is 9.32 Å². The van der Waals surface area contributed by atoms with E-state index in [4.69, 9.17) is 4.52 Å². The molecule has 4 rings (SSSR count). The maximum absolute atomic E-state index is 12.4. The molecule has 0 radical (unpaired) electrons. The van der Waals surface area contributed by atoms with E-state index in [0.717, 1.165) is 24.7 Å². The van der Waals surface area contributed by atoms with Crippen molar-refractivity contribution >= 4 is 11.7 Å². The number of rotatable bonds is 4. The lowest BCUT2D eigenvalue weighted by molar-refractivity contribution is -0.121. The molecule has 1 amide bonds. The van der Waals surface area contributed by atoms with Crippen LogP contribution >= 0.6 is 0 Å². The van der Waals surface area contributed by atoms with Crippen LogP contribution in [-0.2, 0) is 17.9 Å². The summed E-state index contributed by atoms with van der Waals surface area (Å²) in [6.45, 7) is 6.00. The Morgan fingerprint density at radius 1 is 1.39 bits per heavy atom. The molecule has 8 nitrogen and oxygen atoms in total. The molecular formula is C15H20N6O2. The van der Waals surface area contributed by atoms with Crippen molar-refractivity contribution in [2.24, 2.45) is 0 Å². The second-order valence-electron chi connectivity index (χ2n) is 6.36. The minimum absolute atomic E-state index is 0.0892. The lowest BCUT2D eigenvalue weighted by atomic mass is 10.2. The van der Waals surface area contributed by atoms with Gasteiger partial charge in [0.15, 0.2) is 5.82 Å². The van der Waals surface area contributed by atoms with Gasteiger partial charge in [0.2, 0.25) is 5.91 Å². The van der Waals surface area contributed by atoms with Crippen molar-refractivity contribution in [3.63, 3.8) is 0 Å². The minimum atomic E-state index is -0.262. The van der Waals surface area contributed by atoms with Crippen molar-refractivity contribution in [2.75, 3.05) is 11.9 Å². The average Bonchev–Trinajstić information content (AvgIpc) is 3.17. The number of carbonyl (C=O) groups is 1. The van der Waals surface area contributed by atoms with Gasteiger partial charge in [-0.25, -0.2) is 0 Å². The van der Waals surface area contributed by atoms with Crippen LogP contribution in [0.3, 0.4) is 0 Å². The fourth-order valence-corrected chi connectivity index (χ4v) is 2.99. The van der Waals surface area contributed by atoms with Crippen molar-refractivity contribution in [1.82, 2.24) is 24.8 Å².